The number of rotatable bonds is 3. The van der Waals surface area contributed by atoms with Crippen LogP contribution >= 0.6 is 11.6 Å². The number of alkyl halides is 6. The number of hydrogen-bond acceptors (Lipinski definition) is 3. The summed E-state index contributed by atoms with van der Waals surface area (Å²) in [5.74, 6) is -1.15. The van der Waals surface area contributed by atoms with Crippen LogP contribution in [0.5, 0.6) is 0 Å². The SMILES string of the molecule is Cc1ccc([C@@H]2C[C@H](C(F)(F)F)n3ncc(C(=O)Nc4cc(C(F)(F)F)ccc4Cl)c3N2)cc1. The molecule has 0 aliphatic carbocycles. The zero-order chi connectivity index (χ0) is 24.8. The molecule has 12 heteroatoms. The predicted molar refractivity (Wildman–Crippen MR) is 114 cm³/mol. The van der Waals surface area contributed by atoms with E-state index in [-0.39, 0.29) is 28.5 Å². The highest BCUT2D eigenvalue weighted by molar-refractivity contribution is 6.34. The molecule has 180 valence electrons. The topological polar surface area (TPSA) is 59.0 Å². The van der Waals surface area contributed by atoms with E-state index in [0.717, 1.165) is 23.9 Å². The van der Waals surface area contributed by atoms with Crippen molar-refractivity contribution in [3.05, 3.63) is 75.9 Å². The second-order valence-corrected chi connectivity index (χ2v) is 8.31. The number of halogens is 7. The fraction of sp³-hybridized carbons (Fsp3) is 0.273. The largest absolute Gasteiger partial charge is 0.416 e. The average molecular weight is 503 g/mol. The summed E-state index contributed by atoms with van der Waals surface area (Å²) in [6, 6.07) is 6.48. The Balaban J connectivity index is 1.69. The van der Waals surface area contributed by atoms with Gasteiger partial charge in [-0.05, 0) is 30.7 Å². The van der Waals surface area contributed by atoms with Crippen LogP contribution in [0.2, 0.25) is 5.02 Å². The highest BCUT2D eigenvalue weighted by Gasteiger charge is 2.47. The molecule has 2 N–H and O–H groups in total. The van der Waals surface area contributed by atoms with Gasteiger partial charge in [-0.15, -0.1) is 0 Å². The maximum Gasteiger partial charge on any atom is 0.416 e. The summed E-state index contributed by atoms with van der Waals surface area (Å²) in [6.07, 6.45) is -8.75. The molecule has 0 saturated carbocycles. The zero-order valence-electron chi connectivity index (χ0n) is 17.4. The van der Waals surface area contributed by atoms with E-state index in [0.29, 0.717) is 16.3 Å². The molecule has 2 atom stereocenters. The molecule has 0 unspecified atom stereocenters. The van der Waals surface area contributed by atoms with E-state index in [9.17, 15) is 31.1 Å². The average Bonchev–Trinajstić information content (AvgIpc) is 3.17. The fourth-order valence-electron chi connectivity index (χ4n) is 3.73. The van der Waals surface area contributed by atoms with Crippen LogP contribution in [0.4, 0.5) is 37.8 Å². The highest BCUT2D eigenvalue weighted by atomic mass is 35.5. The maximum atomic E-state index is 13.8. The number of fused-ring (bicyclic) bond motifs is 1. The van der Waals surface area contributed by atoms with Crippen LogP contribution in [0.3, 0.4) is 0 Å². The lowest BCUT2D eigenvalue weighted by Gasteiger charge is -2.34. The van der Waals surface area contributed by atoms with E-state index in [4.69, 9.17) is 11.6 Å². The third kappa shape index (κ3) is 4.70. The van der Waals surface area contributed by atoms with Gasteiger partial charge in [-0.25, -0.2) is 4.68 Å². The Bertz CT molecular complexity index is 1220. The summed E-state index contributed by atoms with van der Waals surface area (Å²) in [6.45, 7) is 1.84. The van der Waals surface area contributed by atoms with Gasteiger partial charge in [-0.3, -0.25) is 4.79 Å². The van der Waals surface area contributed by atoms with Gasteiger partial charge in [0, 0.05) is 6.42 Å². The predicted octanol–water partition coefficient (Wildman–Crippen LogP) is 6.78. The lowest BCUT2D eigenvalue weighted by Crippen LogP contribution is -2.36. The quantitative estimate of drug-likeness (QED) is 0.388. The van der Waals surface area contributed by atoms with Crippen LogP contribution in [0.15, 0.2) is 48.7 Å². The first kappa shape index (κ1) is 23.9. The molecule has 5 nitrogen and oxygen atoms in total. The summed E-state index contributed by atoms with van der Waals surface area (Å²) >= 11 is 5.93. The molecule has 0 saturated heterocycles. The normalized spacial score (nSPS) is 18.2. The van der Waals surface area contributed by atoms with Gasteiger partial charge in [-0.2, -0.15) is 31.4 Å². The number of carbonyl (C=O) groups is 1. The second-order valence-electron chi connectivity index (χ2n) is 7.90. The van der Waals surface area contributed by atoms with E-state index in [1.54, 1.807) is 24.3 Å². The summed E-state index contributed by atoms with van der Waals surface area (Å²) < 4.78 is 81.3. The maximum absolute atomic E-state index is 13.8. The number of carbonyl (C=O) groups excluding carboxylic acids is 1. The number of nitrogens with one attached hydrogen (secondary N) is 2. The van der Waals surface area contributed by atoms with Crippen molar-refractivity contribution >= 4 is 29.0 Å². The monoisotopic (exact) mass is 502 g/mol. The summed E-state index contributed by atoms with van der Waals surface area (Å²) in [7, 11) is 0. The molecule has 1 aliphatic rings. The minimum absolute atomic E-state index is 0.166. The molecule has 3 aromatic rings. The Morgan fingerprint density at radius 1 is 1.12 bits per heavy atom. The van der Waals surface area contributed by atoms with Gasteiger partial charge >= 0.3 is 12.4 Å². The standard InChI is InChI=1S/C22H17ClF6N4O/c1-11-2-4-12(5-3-11)16-9-18(22(27,28)29)33-19(31-16)14(10-30-33)20(34)32-17-8-13(21(24,25)26)6-7-15(17)23/h2-8,10,16,18,31H,9H2,1H3,(H,32,34)/t16-,18+/m0/s1. The molecule has 0 bridgehead atoms. The minimum Gasteiger partial charge on any atom is -0.363 e. The van der Waals surface area contributed by atoms with Crippen molar-refractivity contribution in [1.29, 1.82) is 0 Å². The Labute approximate surface area is 194 Å². The second kappa shape index (κ2) is 8.53. The third-order valence-electron chi connectivity index (χ3n) is 5.50. The highest BCUT2D eigenvalue weighted by Crippen LogP contribution is 2.44. The van der Waals surface area contributed by atoms with Crippen molar-refractivity contribution in [1.82, 2.24) is 9.78 Å². The third-order valence-corrected chi connectivity index (χ3v) is 5.83. The molecule has 2 heterocycles. The molecule has 0 spiro atoms. The molecular weight excluding hydrogens is 486 g/mol. The summed E-state index contributed by atoms with van der Waals surface area (Å²) in [5.41, 5.74) is -0.132. The van der Waals surface area contributed by atoms with Gasteiger partial charge in [0.25, 0.3) is 5.91 Å². The van der Waals surface area contributed by atoms with Gasteiger partial charge in [0.15, 0.2) is 6.04 Å². The van der Waals surface area contributed by atoms with Crippen LogP contribution in [0.1, 0.15) is 45.6 Å². The van der Waals surface area contributed by atoms with Gasteiger partial charge in [-0.1, -0.05) is 41.4 Å². The zero-order valence-corrected chi connectivity index (χ0v) is 18.2. The first-order chi connectivity index (χ1) is 15.8. The number of aryl methyl sites for hydroxylation is 1. The summed E-state index contributed by atoms with van der Waals surface area (Å²) in [4.78, 5) is 12.9. The summed E-state index contributed by atoms with van der Waals surface area (Å²) in [5, 5.41) is 8.76. The van der Waals surface area contributed by atoms with E-state index >= 15 is 0 Å². The Kier molecular flexibility index (Phi) is 6.01. The number of amides is 1. The number of anilines is 2. The Hall–Kier alpha value is -3.21. The van der Waals surface area contributed by atoms with Crippen molar-refractivity contribution in [2.75, 3.05) is 10.6 Å². The first-order valence-corrected chi connectivity index (χ1v) is 10.4. The lowest BCUT2D eigenvalue weighted by molar-refractivity contribution is -0.173. The molecule has 34 heavy (non-hydrogen) atoms. The molecule has 0 radical (unpaired) electrons. The van der Waals surface area contributed by atoms with Crippen molar-refractivity contribution in [2.24, 2.45) is 0 Å². The van der Waals surface area contributed by atoms with Crippen LogP contribution in [-0.4, -0.2) is 21.9 Å². The van der Waals surface area contributed by atoms with Gasteiger partial charge in [0.2, 0.25) is 0 Å². The number of hydrogen-bond donors (Lipinski definition) is 2. The van der Waals surface area contributed by atoms with Gasteiger partial charge in [0.1, 0.15) is 11.4 Å². The minimum atomic E-state index is -4.68. The van der Waals surface area contributed by atoms with Crippen molar-refractivity contribution in [3.8, 4) is 0 Å². The smallest absolute Gasteiger partial charge is 0.363 e. The molecule has 4 rings (SSSR count). The van der Waals surface area contributed by atoms with Crippen LogP contribution in [0.25, 0.3) is 0 Å². The first-order valence-electron chi connectivity index (χ1n) is 10.00. The van der Waals surface area contributed by atoms with E-state index in [2.05, 4.69) is 15.7 Å². The van der Waals surface area contributed by atoms with Gasteiger partial charge < -0.3 is 10.6 Å². The van der Waals surface area contributed by atoms with Crippen LogP contribution in [-0.2, 0) is 6.18 Å². The molecule has 1 aliphatic heterocycles. The Morgan fingerprint density at radius 2 is 1.79 bits per heavy atom. The van der Waals surface area contributed by atoms with Gasteiger partial charge in [0.05, 0.1) is 28.5 Å². The molecule has 1 aromatic heterocycles. The number of aromatic nitrogens is 2. The molecule has 1 amide bonds. The molecule has 2 aromatic carbocycles. The Morgan fingerprint density at radius 3 is 2.41 bits per heavy atom. The van der Waals surface area contributed by atoms with E-state index < -0.39 is 35.9 Å². The number of nitrogens with zero attached hydrogens (tertiary/aromatic N) is 2. The van der Waals surface area contributed by atoms with Crippen LogP contribution < -0.4 is 10.6 Å². The van der Waals surface area contributed by atoms with Crippen molar-refractivity contribution in [2.45, 2.75) is 37.8 Å². The van der Waals surface area contributed by atoms with Crippen molar-refractivity contribution < 1.29 is 31.1 Å². The molecule has 0 fully saturated rings. The molecular formula is C22H17ClF6N4O. The van der Waals surface area contributed by atoms with Crippen molar-refractivity contribution in [3.63, 3.8) is 0 Å². The fourth-order valence-corrected chi connectivity index (χ4v) is 3.90. The number of benzene rings is 2. The van der Waals surface area contributed by atoms with Crippen LogP contribution in [0, 0.1) is 6.92 Å². The lowest BCUT2D eigenvalue weighted by atomic mass is 9.96. The van der Waals surface area contributed by atoms with E-state index in [1.165, 1.54) is 0 Å². The van der Waals surface area contributed by atoms with E-state index in [1.807, 2.05) is 6.92 Å².